The monoisotopic (exact) mass is 878 g/mol. The van der Waals surface area contributed by atoms with E-state index < -0.39 is 11.5 Å². The van der Waals surface area contributed by atoms with E-state index >= 15 is 0 Å². The summed E-state index contributed by atoms with van der Waals surface area (Å²) in [6.45, 7) is 14.4. The summed E-state index contributed by atoms with van der Waals surface area (Å²) in [5, 5.41) is 21.0. The fraction of sp³-hybridized carbons (Fsp3) is 0.276. The molecule has 0 saturated heterocycles. The molecule has 8 heteroatoms. The Labute approximate surface area is 390 Å². The molecule has 0 aliphatic heterocycles. The first-order valence-electron chi connectivity index (χ1n) is 23.5. The molecule has 0 fully saturated rings. The lowest BCUT2D eigenvalue weighted by atomic mass is 9.78. The minimum absolute atomic E-state index is 0.00378. The number of unbranched alkanes of at least 4 members (excludes halogenated alkanes) is 3. The van der Waals surface area contributed by atoms with Gasteiger partial charge in [0.1, 0.15) is 0 Å². The molecule has 1 atom stereocenters. The molecule has 2 N–H and O–H groups in total. The van der Waals surface area contributed by atoms with E-state index in [1.165, 1.54) is 0 Å². The standard InChI is InChI=1S/C58H62N4O4/c1-8-11-13-15-53(63)59-51-36-47(61(43-24-16-38(4)17-25-43)44-26-18-39(5)19-27-44)32-34-49(51)54-56(64)55(57(54)65)50-35-33-48(37-52(50)60-58(66)42(10-3)14-12-9-2)62(45-28-20-40(6)21-29-45)46-30-22-41(7)23-31-46/h16-37,42H,8-15H2,1-7H3,(H2,59,60,63,64,65,66). The molecular weight excluding hydrogens is 817 g/mol. The normalized spacial score (nSPS) is 15.0. The molecule has 0 bridgehead atoms. The predicted molar refractivity (Wildman–Crippen MR) is 270 cm³/mol. The van der Waals surface area contributed by atoms with Crippen LogP contribution in [0.25, 0.3) is 5.57 Å². The molecule has 5 aromatic carbocycles. The third kappa shape index (κ3) is 10.6. The predicted octanol–water partition coefficient (Wildman–Crippen LogP) is 12.6. The average molecular weight is 879 g/mol. The van der Waals surface area contributed by atoms with E-state index in [0.717, 1.165) is 94.9 Å². The molecule has 2 aliphatic rings. The Morgan fingerprint density at radius 3 is 1.68 bits per heavy atom. The van der Waals surface area contributed by atoms with Crippen LogP contribution in [0, 0.1) is 33.6 Å². The summed E-state index contributed by atoms with van der Waals surface area (Å²) >= 11 is 0. The zero-order valence-electron chi connectivity index (χ0n) is 39.5. The van der Waals surface area contributed by atoms with Crippen LogP contribution >= 0.6 is 0 Å². The van der Waals surface area contributed by atoms with Crippen molar-refractivity contribution >= 4 is 63.0 Å². The number of hydrogen-bond donors (Lipinski definition) is 2. The molecular formula is C58H62N4O4. The molecule has 8 nitrogen and oxygen atoms in total. The van der Waals surface area contributed by atoms with Gasteiger partial charge in [-0.25, -0.2) is 0 Å². The van der Waals surface area contributed by atoms with Crippen LogP contribution in [0.1, 0.15) is 100.0 Å². The summed E-state index contributed by atoms with van der Waals surface area (Å²) in [5.41, 5.74) is 11.1. The zero-order chi connectivity index (χ0) is 46.9. The molecule has 338 valence electrons. The van der Waals surface area contributed by atoms with E-state index in [-0.39, 0.29) is 28.9 Å². The van der Waals surface area contributed by atoms with Gasteiger partial charge in [-0.15, -0.1) is 0 Å². The van der Waals surface area contributed by atoms with Gasteiger partial charge in [0.15, 0.2) is 5.78 Å². The van der Waals surface area contributed by atoms with Crippen LogP contribution in [0.2, 0.25) is 0 Å². The number of nitrogens with zero attached hydrogens (tertiary/aromatic N) is 2. The summed E-state index contributed by atoms with van der Waals surface area (Å²) in [5.74, 6) is -1.48. The molecule has 0 heterocycles. The van der Waals surface area contributed by atoms with Crippen molar-refractivity contribution in [1.82, 2.24) is 9.89 Å². The van der Waals surface area contributed by atoms with Crippen LogP contribution < -0.4 is 25.2 Å². The van der Waals surface area contributed by atoms with E-state index in [2.05, 4.69) is 131 Å². The summed E-state index contributed by atoms with van der Waals surface area (Å²) in [7, 11) is 0. The van der Waals surface area contributed by atoms with Gasteiger partial charge in [-0.05, 0) is 89.4 Å². The highest BCUT2D eigenvalue weighted by Gasteiger charge is 2.35. The third-order valence-electron chi connectivity index (χ3n) is 12.4. The third-order valence-corrected chi connectivity index (χ3v) is 12.4. The number of ketones is 1. The number of Topliss-reactive ketones (excluding diaryl/α,β-unsaturated/α-hetero) is 1. The summed E-state index contributed by atoms with van der Waals surface area (Å²) in [4.78, 5) is 44.5. The second kappa shape index (κ2) is 21.3. The molecule has 2 aliphatic carbocycles. The molecule has 66 heavy (non-hydrogen) atoms. The Morgan fingerprint density at radius 1 is 0.636 bits per heavy atom. The van der Waals surface area contributed by atoms with Crippen molar-refractivity contribution in [1.29, 1.82) is 0 Å². The van der Waals surface area contributed by atoms with Crippen LogP contribution in [-0.4, -0.2) is 23.3 Å². The number of rotatable bonds is 17. The van der Waals surface area contributed by atoms with Gasteiger partial charge in [0.25, 0.3) is 0 Å². The lowest BCUT2D eigenvalue weighted by Gasteiger charge is -2.35. The Balaban J connectivity index is 1.37. The largest absolute Gasteiger partial charge is 0.871 e. The minimum atomic E-state index is -0.446. The molecule has 0 saturated carbocycles. The van der Waals surface area contributed by atoms with Crippen molar-refractivity contribution in [2.75, 3.05) is 10.2 Å². The van der Waals surface area contributed by atoms with Crippen molar-refractivity contribution in [3.63, 3.8) is 0 Å². The van der Waals surface area contributed by atoms with Crippen molar-refractivity contribution < 1.29 is 19.5 Å². The molecule has 0 spiro atoms. The maximum Gasteiger partial charge on any atom is 0.227 e. The van der Waals surface area contributed by atoms with Gasteiger partial charge in [0, 0.05) is 88.1 Å². The fourth-order valence-corrected chi connectivity index (χ4v) is 8.49. The number of benzene rings is 5. The SMILES string of the molecule is CCCCCC(=O)NC1=CC(=[N+](c2ccc(C)cc2)c2ccc(C)cc2)C=C/C1=C1\C(=O)C(c2ccc(N(c3ccc(C)cc3)c3ccc(C)cc3)cc2NC(=O)C(CC)CCCC)=C1[O-]. The molecule has 0 aromatic heterocycles. The number of carbonyl (C=O) groups is 3. The molecule has 2 amide bonds. The highest BCUT2D eigenvalue weighted by atomic mass is 16.3. The number of carbonyl (C=O) groups excluding carboxylic acids is 3. The van der Waals surface area contributed by atoms with E-state index in [1.54, 1.807) is 12.1 Å². The van der Waals surface area contributed by atoms with Gasteiger partial charge in [0.05, 0.1) is 11.4 Å². The molecule has 7 rings (SSSR count). The van der Waals surface area contributed by atoms with Crippen molar-refractivity contribution in [2.24, 2.45) is 5.92 Å². The van der Waals surface area contributed by atoms with Gasteiger partial charge in [-0.3, -0.25) is 14.4 Å². The number of anilines is 4. The molecule has 5 aromatic rings. The molecule has 0 radical (unpaired) electrons. The first-order chi connectivity index (χ1) is 31.9. The smallest absolute Gasteiger partial charge is 0.227 e. The average Bonchev–Trinajstić information content (AvgIpc) is 3.31. The van der Waals surface area contributed by atoms with Crippen molar-refractivity contribution in [3.8, 4) is 0 Å². The minimum Gasteiger partial charge on any atom is -0.871 e. The van der Waals surface area contributed by atoms with Crippen LogP contribution in [0.5, 0.6) is 0 Å². The van der Waals surface area contributed by atoms with Gasteiger partial charge in [-0.1, -0.05) is 129 Å². The van der Waals surface area contributed by atoms with E-state index in [1.807, 2.05) is 58.9 Å². The summed E-state index contributed by atoms with van der Waals surface area (Å²) < 4.78 is 2.10. The Morgan fingerprint density at radius 2 is 1.17 bits per heavy atom. The van der Waals surface area contributed by atoms with E-state index in [0.29, 0.717) is 35.4 Å². The van der Waals surface area contributed by atoms with E-state index in [9.17, 15) is 19.5 Å². The van der Waals surface area contributed by atoms with Crippen molar-refractivity contribution in [3.05, 3.63) is 184 Å². The second-order valence-corrected chi connectivity index (χ2v) is 17.6. The van der Waals surface area contributed by atoms with Gasteiger partial charge in [0.2, 0.25) is 28.9 Å². The fourth-order valence-electron chi connectivity index (χ4n) is 8.49. The number of aryl methyl sites for hydroxylation is 4. The first kappa shape index (κ1) is 46.9. The summed E-state index contributed by atoms with van der Waals surface area (Å²) in [6, 6.07) is 38.4. The Bertz CT molecular complexity index is 2660. The van der Waals surface area contributed by atoms with Crippen LogP contribution in [0.15, 0.2) is 156 Å². The number of allylic oxidation sites excluding steroid dienone is 5. The number of amides is 2. The van der Waals surface area contributed by atoms with Crippen LogP contribution in [0.3, 0.4) is 0 Å². The lowest BCUT2D eigenvalue weighted by Crippen LogP contribution is -2.34. The van der Waals surface area contributed by atoms with Gasteiger partial charge in [-0.2, -0.15) is 4.58 Å². The highest BCUT2D eigenvalue weighted by molar-refractivity contribution is 6.40. The maximum absolute atomic E-state index is 14.7. The second-order valence-electron chi connectivity index (χ2n) is 17.6. The van der Waals surface area contributed by atoms with Crippen LogP contribution in [0.4, 0.5) is 34.1 Å². The number of nitrogens with one attached hydrogen (secondary N) is 2. The Kier molecular flexibility index (Phi) is 15.1. The van der Waals surface area contributed by atoms with Gasteiger partial charge >= 0.3 is 0 Å². The lowest BCUT2D eigenvalue weighted by molar-refractivity contribution is -0.297. The topological polar surface area (TPSA) is 105 Å². The highest BCUT2D eigenvalue weighted by Crippen LogP contribution is 2.44. The summed E-state index contributed by atoms with van der Waals surface area (Å²) in [6.07, 6.45) is 11.7. The first-order valence-corrected chi connectivity index (χ1v) is 23.5. The van der Waals surface area contributed by atoms with Crippen molar-refractivity contribution in [2.45, 2.75) is 99.8 Å². The quantitative estimate of drug-likeness (QED) is 0.0550. The molecule has 1 unspecified atom stereocenters. The zero-order valence-corrected chi connectivity index (χ0v) is 39.5. The van der Waals surface area contributed by atoms with Gasteiger partial charge < -0.3 is 20.6 Å². The van der Waals surface area contributed by atoms with E-state index in [4.69, 9.17) is 0 Å². The number of hydrogen-bond acceptors (Lipinski definition) is 5. The van der Waals surface area contributed by atoms with Crippen LogP contribution in [-0.2, 0) is 14.4 Å². The Hall–Kier alpha value is -7.06. The maximum atomic E-state index is 14.7.